The number of hydrogen-bond donors (Lipinski definition) is 0. The van der Waals surface area contributed by atoms with Gasteiger partial charge in [-0.15, -0.1) is 0 Å². The predicted molar refractivity (Wildman–Crippen MR) is 208 cm³/mol. The summed E-state index contributed by atoms with van der Waals surface area (Å²) >= 11 is 8.75. The Balaban J connectivity index is 1.49. The molecule has 0 amide bonds. The molecule has 0 N–H and O–H groups in total. The summed E-state index contributed by atoms with van der Waals surface area (Å²) in [4.78, 5) is 0. The standard InChI is InChI=1S/C42H20Br2N4/c43-33-39-40(46-30-14-6-2-10-22(30)26-18-17-25-21-9-1-5-13-29(21)45(39)35(25)36(26)46)34(44)42-41(33)47-31-15-7-3-11-23(31)27-19-20-28-24-12-4-8-16-32(24)48(42)38(28)37(27)47/h1-20H. The van der Waals surface area contributed by atoms with Gasteiger partial charge in [-0.25, -0.2) is 0 Å². The second kappa shape index (κ2) is 8.04. The summed E-state index contributed by atoms with van der Waals surface area (Å²) in [6.07, 6.45) is 0. The molecule has 6 heteroatoms. The first-order valence-electron chi connectivity index (χ1n) is 16.2. The van der Waals surface area contributed by atoms with Crippen molar-refractivity contribution in [3.8, 4) is 0 Å². The number of fused-ring (bicyclic) bond motifs is 18. The van der Waals surface area contributed by atoms with Gasteiger partial charge in [0.05, 0.1) is 75.1 Å². The Bertz CT molecular complexity index is 3120. The van der Waals surface area contributed by atoms with Gasteiger partial charge in [0.2, 0.25) is 0 Å². The van der Waals surface area contributed by atoms with E-state index in [-0.39, 0.29) is 0 Å². The Morgan fingerprint density at radius 2 is 0.479 bits per heavy atom. The topological polar surface area (TPSA) is 17.6 Å². The number of rotatable bonds is 0. The lowest BCUT2D eigenvalue weighted by molar-refractivity contribution is 1.21. The summed E-state index contributed by atoms with van der Waals surface area (Å²) in [5.41, 5.74) is 14.4. The second-order valence-electron chi connectivity index (χ2n) is 13.1. The van der Waals surface area contributed by atoms with Crippen LogP contribution in [-0.4, -0.2) is 17.6 Å². The molecule has 7 aromatic carbocycles. The Hall–Kier alpha value is -5.30. The number of halogens is 2. The average molecular weight is 740 g/mol. The lowest BCUT2D eigenvalue weighted by atomic mass is 10.1. The third kappa shape index (κ3) is 2.48. The molecule has 0 spiro atoms. The predicted octanol–water partition coefficient (Wildman–Crippen LogP) is 12.3. The van der Waals surface area contributed by atoms with E-state index in [4.69, 9.17) is 0 Å². The van der Waals surface area contributed by atoms with Crippen LogP contribution >= 0.6 is 31.9 Å². The third-order valence-electron chi connectivity index (χ3n) is 11.1. The highest BCUT2D eigenvalue weighted by Crippen LogP contribution is 2.50. The Labute approximate surface area is 287 Å². The van der Waals surface area contributed by atoms with Crippen LogP contribution < -0.4 is 0 Å². The summed E-state index contributed by atoms with van der Waals surface area (Å²) in [5, 5.41) is 10.1. The number of para-hydroxylation sites is 4. The molecule has 0 radical (unpaired) electrons. The molecule has 0 saturated heterocycles. The molecule has 13 aromatic rings. The van der Waals surface area contributed by atoms with Gasteiger partial charge in [0.15, 0.2) is 0 Å². The fraction of sp³-hybridized carbons (Fsp3) is 0. The third-order valence-corrected chi connectivity index (χ3v) is 12.6. The van der Waals surface area contributed by atoms with E-state index >= 15 is 0 Å². The zero-order chi connectivity index (χ0) is 31.2. The molecule has 13 rings (SSSR count). The van der Waals surface area contributed by atoms with E-state index in [9.17, 15) is 0 Å². The molecular formula is C42H20Br2N4. The van der Waals surface area contributed by atoms with Gasteiger partial charge in [0, 0.05) is 43.1 Å². The fourth-order valence-electron chi connectivity index (χ4n) is 9.39. The summed E-state index contributed by atoms with van der Waals surface area (Å²) in [6.45, 7) is 0. The van der Waals surface area contributed by atoms with Crippen molar-refractivity contribution in [1.29, 1.82) is 0 Å². The summed E-state index contributed by atoms with van der Waals surface area (Å²) < 4.78 is 12.2. The molecule has 48 heavy (non-hydrogen) atoms. The zero-order valence-electron chi connectivity index (χ0n) is 25.1. The van der Waals surface area contributed by atoms with E-state index in [0.29, 0.717) is 0 Å². The summed E-state index contributed by atoms with van der Waals surface area (Å²) in [7, 11) is 0. The minimum absolute atomic E-state index is 1.07. The lowest BCUT2D eigenvalue weighted by Crippen LogP contribution is -2.05. The number of nitrogens with zero attached hydrogens (tertiary/aromatic N) is 4. The quantitative estimate of drug-likeness (QED) is 0.138. The van der Waals surface area contributed by atoms with E-state index in [2.05, 4.69) is 171 Å². The van der Waals surface area contributed by atoms with Crippen LogP contribution in [0.2, 0.25) is 0 Å². The van der Waals surface area contributed by atoms with Crippen LogP contribution in [0.25, 0.3) is 109 Å². The molecule has 6 aromatic heterocycles. The molecule has 0 aliphatic rings. The zero-order valence-corrected chi connectivity index (χ0v) is 28.3. The maximum atomic E-state index is 4.37. The van der Waals surface area contributed by atoms with Crippen LogP contribution in [0.15, 0.2) is 130 Å². The van der Waals surface area contributed by atoms with Gasteiger partial charge >= 0.3 is 0 Å². The van der Waals surface area contributed by atoms with Crippen molar-refractivity contribution < 1.29 is 0 Å². The first kappa shape index (κ1) is 24.8. The van der Waals surface area contributed by atoms with Gasteiger partial charge in [-0.3, -0.25) is 0 Å². The first-order valence-corrected chi connectivity index (χ1v) is 17.8. The molecule has 222 valence electrons. The van der Waals surface area contributed by atoms with Gasteiger partial charge in [0.25, 0.3) is 0 Å². The lowest BCUT2D eigenvalue weighted by Gasteiger charge is -2.20. The molecule has 0 atom stereocenters. The molecular weight excluding hydrogens is 720 g/mol. The highest BCUT2D eigenvalue weighted by Gasteiger charge is 2.29. The molecule has 0 fully saturated rings. The van der Waals surface area contributed by atoms with E-state index in [1.54, 1.807) is 0 Å². The normalized spacial score (nSPS) is 13.2. The SMILES string of the molecule is Brc1c2c(c(Br)c3c1n1c4ccccc4c4ccc5c6ccccc6n3c5c41)n1c3ccccc3c3ccc4c5ccccc5n2c4c31. The molecule has 0 bridgehead atoms. The van der Waals surface area contributed by atoms with E-state index in [1.807, 2.05) is 0 Å². The van der Waals surface area contributed by atoms with Gasteiger partial charge < -0.3 is 17.6 Å². The second-order valence-corrected chi connectivity index (χ2v) is 14.7. The fourth-order valence-corrected chi connectivity index (χ4v) is 10.8. The highest BCUT2D eigenvalue weighted by atomic mass is 79.9. The molecule has 4 nitrogen and oxygen atoms in total. The van der Waals surface area contributed by atoms with Crippen LogP contribution in [0, 0.1) is 0 Å². The maximum absolute atomic E-state index is 4.37. The number of aromatic nitrogens is 4. The highest BCUT2D eigenvalue weighted by molar-refractivity contribution is 9.11. The van der Waals surface area contributed by atoms with Crippen LogP contribution in [0.5, 0.6) is 0 Å². The Kier molecular flexibility index (Phi) is 4.16. The first-order chi connectivity index (χ1) is 23.7. The molecule has 6 heterocycles. The Morgan fingerprint density at radius 1 is 0.250 bits per heavy atom. The Morgan fingerprint density at radius 3 is 0.729 bits per heavy atom. The van der Waals surface area contributed by atoms with Crippen LogP contribution in [0.4, 0.5) is 0 Å². The summed E-state index contributed by atoms with van der Waals surface area (Å²) in [6, 6.07) is 44.7. The molecule has 0 aliphatic carbocycles. The van der Waals surface area contributed by atoms with Gasteiger partial charge in [-0.2, -0.15) is 0 Å². The van der Waals surface area contributed by atoms with Crippen molar-refractivity contribution in [2.75, 3.05) is 0 Å². The van der Waals surface area contributed by atoms with Gasteiger partial charge in [0.1, 0.15) is 0 Å². The molecule has 0 aliphatic heterocycles. The van der Waals surface area contributed by atoms with E-state index < -0.39 is 0 Å². The van der Waals surface area contributed by atoms with E-state index in [1.165, 1.54) is 87.2 Å². The molecule has 0 saturated carbocycles. The monoisotopic (exact) mass is 738 g/mol. The van der Waals surface area contributed by atoms with Crippen molar-refractivity contribution in [2.45, 2.75) is 0 Å². The van der Waals surface area contributed by atoms with Gasteiger partial charge in [-0.1, -0.05) is 97.1 Å². The van der Waals surface area contributed by atoms with Crippen LogP contribution in [0.3, 0.4) is 0 Å². The van der Waals surface area contributed by atoms with Crippen LogP contribution in [-0.2, 0) is 0 Å². The van der Waals surface area contributed by atoms with Gasteiger partial charge in [-0.05, 0) is 56.1 Å². The minimum Gasteiger partial charge on any atom is -0.304 e. The van der Waals surface area contributed by atoms with Crippen molar-refractivity contribution in [2.24, 2.45) is 0 Å². The molecule has 0 unspecified atom stereocenters. The average Bonchev–Trinajstić information content (AvgIpc) is 3.85. The maximum Gasteiger partial charge on any atom is 0.0882 e. The van der Waals surface area contributed by atoms with Crippen molar-refractivity contribution in [3.63, 3.8) is 0 Å². The van der Waals surface area contributed by atoms with Crippen molar-refractivity contribution in [3.05, 3.63) is 130 Å². The smallest absolute Gasteiger partial charge is 0.0882 e. The van der Waals surface area contributed by atoms with E-state index in [0.717, 1.165) is 31.0 Å². The van der Waals surface area contributed by atoms with Crippen molar-refractivity contribution >= 4 is 141 Å². The summed E-state index contributed by atoms with van der Waals surface area (Å²) in [5.74, 6) is 0. The largest absolute Gasteiger partial charge is 0.304 e. The number of hydrogen-bond acceptors (Lipinski definition) is 0. The number of benzene rings is 7. The van der Waals surface area contributed by atoms with Crippen molar-refractivity contribution in [1.82, 2.24) is 17.6 Å². The minimum atomic E-state index is 1.07. The van der Waals surface area contributed by atoms with Crippen LogP contribution in [0.1, 0.15) is 0 Å².